The van der Waals surface area contributed by atoms with Gasteiger partial charge < -0.3 is 20.1 Å². The SMILES string of the molecule is COCC(C)NC(=S)Nc1ccc(Oc2ccc(C)cc2)cc1. The van der Waals surface area contributed by atoms with Crippen LogP contribution in [0.4, 0.5) is 5.69 Å². The van der Waals surface area contributed by atoms with Gasteiger partial charge in [-0.1, -0.05) is 17.7 Å². The van der Waals surface area contributed by atoms with Crippen LogP contribution in [0.15, 0.2) is 48.5 Å². The van der Waals surface area contributed by atoms with Crippen LogP contribution in [0.25, 0.3) is 0 Å². The third kappa shape index (κ3) is 5.88. The van der Waals surface area contributed by atoms with Gasteiger partial charge >= 0.3 is 0 Å². The molecule has 5 heteroatoms. The zero-order chi connectivity index (χ0) is 16.7. The van der Waals surface area contributed by atoms with E-state index >= 15 is 0 Å². The number of benzene rings is 2. The van der Waals surface area contributed by atoms with Crippen LogP contribution in [-0.4, -0.2) is 24.9 Å². The lowest BCUT2D eigenvalue weighted by molar-refractivity contribution is 0.179. The van der Waals surface area contributed by atoms with Gasteiger partial charge in [-0.25, -0.2) is 0 Å². The Morgan fingerprint density at radius 2 is 1.61 bits per heavy atom. The van der Waals surface area contributed by atoms with Crippen LogP contribution >= 0.6 is 12.2 Å². The van der Waals surface area contributed by atoms with E-state index < -0.39 is 0 Å². The zero-order valence-corrected chi connectivity index (χ0v) is 14.4. The molecule has 0 fully saturated rings. The number of aryl methyl sites for hydroxylation is 1. The predicted molar refractivity (Wildman–Crippen MR) is 98.4 cm³/mol. The molecule has 122 valence electrons. The fourth-order valence-corrected chi connectivity index (χ4v) is 2.35. The lowest BCUT2D eigenvalue weighted by Crippen LogP contribution is -2.38. The van der Waals surface area contributed by atoms with Crippen molar-refractivity contribution in [3.8, 4) is 11.5 Å². The molecule has 0 saturated heterocycles. The molecule has 0 saturated carbocycles. The van der Waals surface area contributed by atoms with Crippen LogP contribution < -0.4 is 15.4 Å². The van der Waals surface area contributed by atoms with E-state index in [0.717, 1.165) is 17.2 Å². The molecule has 0 aliphatic heterocycles. The van der Waals surface area contributed by atoms with Crippen molar-refractivity contribution in [2.75, 3.05) is 19.0 Å². The van der Waals surface area contributed by atoms with Crippen molar-refractivity contribution in [3.63, 3.8) is 0 Å². The minimum atomic E-state index is 0.157. The molecule has 0 spiro atoms. The Bertz CT molecular complexity index is 626. The van der Waals surface area contributed by atoms with E-state index in [1.165, 1.54) is 5.56 Å². The number of rotatable bonds is 6. The van der Waals surface area contributed by atoms with Crippen LogP contribution in [0, 0.1) is 6.92 Å². The smallest absolute Gasteiger partial charge is 0.171 e. The molecule has 1 atom stereocenters. The molecule has 2 rings (SSSR count). The summed E-state index contributed by atoms with van der Waals surface area (Å²) in [6.07, 6.45) is 0. The topological polar surface area (TPSA) is 42.5 Å². The summed E-state index contributed by atoms with van der Waals surface area (Å²) in [7, 11) is 1.67. The first-order chi connectivity index (χ1) is 11.1. The first kappa shape index (κ1) is 17.2. The maximum atomic E-state index is 5.80. The highest BCUT2D eigenvalue weighted by Gasteiger charge is 2.04. The summed E-state index contributed by atoms with van der Waals surface area (Å²) in [6.45, 7) is 4.66. The van der Waals surface area contributed by atoms with Crippen molar-refractivity contribution < 1.29 is 9.47 Å². The molecule has 0 heterocycles. The van der Waals surface area contributed by atoms with Gasteiger partial charge in [0.2, 0.25) is 0 Å². The highest BCUT2D eigenvalue weighted by atomic mass is 32.1. The molecule has 0 aliphatic rings. The molecule has 1 unspecified atom stereocenters. The van der Waals surface area contributed by atoms with Crippen LogP contribution in [0.3, 0.4) is 0 Å². The summed E-state index contributed by atoms with van der Waals surface area (Å²) in [5, 5.41) is 6.86. The molecule has 4 nitrogen and oxygen atoms in total. The third-order valence-corrected chi connectivity index (χ3v) is 3.38. The van der Waals surface area contributed by atoms with Crippen molar-refractivity contribution in [1.82, 2.24) is 5.32 Å². The van der Waals surface area contributed by atoms with Crippen molar-refractivity contribution in [2.24, 2.45) is 0 Å². The second-order valence-electron chi connectivity index (χ2n) is 5.39. The van der Waals surface area contributed by atoms with Crippen LogP contribution in [0.5, 0.6) is 11.5 Å². The number of hydrogen-bond donors (Lipinski definition) is 2. The van der Waals surface area contributed by atoms with Gasteiger partial charge in [-0.05, 0) is 62.5 Å². The molecule has 0 radical (unpaired) electrons. The molecule has 23 heavy (non-hydrogen) atoms. The molecule has 2 aromatic rings. The van der Waals surface area contributed by atoms with Gasteiger partial charge in [0, 0.05) is 18.8 Å². The number of methoxy groups -OCH3 is 1. The van der Waals surface area contributed by atoms with Crippen molar-refractivity contribution >= 4 is 23.0 Å². The van der Waals surface area contributed by atoms with Crippen molar-refractivity contribution in [3.05, 3.63) is 54.1 Å². The maximum Gasteiger partial charge on any atom is 0.171 e. The quantitative estimate of drug-likeness (QED) is 0.780. The third-order valence-electron chi connectivity index (χ3n) is 3.16. The lowest BCUT2D eigenvalue weighted by atomic mass is 10.2. The van der Waals surface area contributed by atoms with E-state index in [-0.39, 0.29) is 6.04 Å². The summed E-state index contributed by atoms with van der Waals surface area (Å²) in [6, 6.07) is 15.8. The van der Waals surface area contributed by atoms with Crippen molar-refractivity contribution in [1.29, 1.82) is 0 Å². The van der Waals surface area contributed by atoms with Crippen LogP contribution in [-0.2, 0) is 4.74 Å². The molecule has 2 N–H and O–H groups in total. The van der Waals surface area contributed by atoms with Gasteiger partial charge in [0.1, 0.15) is 11.5 Å². The Labute approximate surface area is 142 Å². The van der Waals surface area contributed by atoms with Gasteiger partial charge in [-0.2, -0.15) is 0 Å². The Morgan fingerprint density at radius 1 is 1.04 bits per heavy atom. The number of anilines is 1. The maximum absolute atomic E-state index is 5.80. The summed E-state index contributed by atoms with van der Waals surface area (Å²) in [5.74, 6) is 1.60. The molecule has 2 aromatic carbocycles. The summed E-state index contributed by atoms with van der Waals surface area (Å²) < 4.78 is 10.9. The van der Waals surface area contributed by atoms with E-state index in [0.29, 0.717) is 11.7 Å². The highest BCUT2D eigenvalue weighted by molar-refractivity contribution is 7.80. The minimum absolute atomic E-state index is 0.157. The van der Waals surface area contributed by atoms with E-state index in [4.69, 9.17) is 21.7 Å². The van der Waals surface area contributed by atoms with Gasteiger partial charge in [-0.15, -0.1) is 0 Å². The van der Waals surface area contributed by atoms with Gasteiger partial charge in [0.05, 0.1) is 6.61 Å². The van der Waals surface area contributed by atoms with Crippen LogP contribution in [0.1, 0.15) is 12.5 Å². The highest BCUT2D eigenvalue weighted by Crippen LogP contribution is 2.23. The summed E-state index contributed by atoms with van der Waals surface area (Å²) in [4.78, 5) is 0. The summed E-state index contributed by atoms with van der Waals surface area (Å²) in [5.41, 5.74) is 2.11. The fraction of sp³-hybridized carbons (Fsp3) is 0.278. The van der Waals surface area contributed by atoms with E-state index in [2.05, 4.69) is 17.6 Å². The van der Waals surface area contributed by atoms with Gasteiger partial charge in [0.15, 0.2) is 5.11 Å². The molecular weight excluding hydrogens is 308 g/mol. The van der Waals surface area contributed by atoms with E-state index in [9.17, 15) is 0 Å². The lowest BCUT2D eigenvalue weighted by Gasteiger charge is -2.16. The van der Waals surface area contributed by atoms with Gasteiger partial charge in [-0.3, -0.25) is 0 Å². The zero-order valence-electron chi connectivity index (χ0n) is 13.6. The van der Waals surface area contributed by atoms with Crippen molar-refractivity contribution in [2.45, 2.75) is 19.9 Å². The standard InChI is InChI=1S/C18H22N2O2S/c1-13-4-8-16(9-5-13)22-17-10-6-15(7-11-17)20-18(23)19-14(2)12-21-3/h4-11,14H,12H2,1-3H3,(H2,19,20,23). The second-order valence-corrected chi connectivity index (χ2v) is 5.80. The second kappa shape index (κ2) is 8.50. The Kier molecular flexibility index (Phi) is 6.38. The minimum Gasteiger partial charge on any atom is -0.457 e. The number of ether oxygens (including phenoxy) is 2. The number of thiocarbonyl (C=S) groups is 1. The first-order valence-corrected chi connectivity index (χ1v) is 7.88. The Morgan fingerprint density at radius 3 is 2.17 bits per heavy atom. The Balaban J connectivity index is 1.89. The average Bonchev–Trinajstić information content (AvgIpc) is 2.51. The van der Waals surface area contributed by atoms with Gasteiger partial charge in [0.25, 0.3) is 0 Å². The fourth-order valence-electron chi connectivity index (χ4n) is 2.03. The molecule has 0 aliphatic carbocycles. The Hall–Kier alpha value is -2.11. The average molecular weight is 330 g/mol. The molecular formula is C18H22N2O2S. The van der Waals surface area contributed by atoms with Crippen LogP contribution in [0.2, 0.25) is 0 Å². The largest absolute Gasteiger partial charge is 0.457 e. The predicted octanol–water partition coefficient (Wildman–Crippen LogP) is 4.11. The number of hydrogen-bond acceptors (Lipinski definition) is 3. The normalized spacial score (nSPS) is 11.6. The number of nitrogens with one attached hydrogen (secondary N) is 2. The van der Waals surface area contributed by atoms with E-state index in [1.807, 2.05) is 55.5 Å². The first-order valence-electron chi connectivity index (χ1n) is 7.48. The molecule has 0 bridgehead atoms. The summed E-state index contributed by atoms with van der Waals surface area (Å²) >= 11 is 5.27. The van der Waals surface area contributed by atoms with E-state index in [1.54, 1.807) is 7.11 Å². The molecule has 0 amide bonds. The molecule has 0 aromatic heterocycles. The monoisotopic (exact) mass is 330 g/mol.